The zero-order chi connectivity index (χ0) is 18.6. The van der Waals surface area contributed by atoms with Crippen molar-refractivity contribution < 1.29 is 9.21 Å². The highest BCUT2D eigenvalue weighted by Gasteiger charge is 2.09. The molecule has 0 saturated heterocycles. The Labute approximate surface area is 170 Å². The van der Waals surface area contributed by atoms with Gasteiger partial charge >= 0.3 is 0 Å². The second-order valence-electron chi connectivity index (χ2n) is 5.94. The van der Waals surface area contributed by atoms with Gasteiger partial charge in [0.1, 0.15) is 5.52 Å². The lowest BCUT2D eigenvalue weighted by molar-refractivity contribution is -0.111. The van der Waals surface area contributed by atoms with E-state index in [1.807, 2.05) is 66.7 Å². The lowest BCUT2D eigenvalue weighted by Crippen LogP contribution is -2.07. The number of nitrogens with one attached hydrogen (secondary N) is 1. The quantitative estimate of drug-likeness (QED) is 0.308. The molecule has 0 spiro atoms. The van der Waals surface area contributed by atoms with Gasteiger partial charge in [-0.2, -0.15) is 0 Å². The van der Waals surface area contributed by atoms with Crippen LogP contribution >= 0.6 is 22.6 Å². The Morgan fingerprint density at radius 3 is 2.56 bits per heavy atom. The highest BCUT2D eigenvalue weighted by Crippen LogP contribution is 2.26. The number of anilines is 1. The lowest BCUT2D eigenvalue weighted by atomic mass is 10.2. The summed E-state index contributed by atoms with van der Waals surface area (Å²) in [5.41, 5.74) is 3.95. The highest BCUT2D eigenvalue weighted by atomic mass is 127. The third kappa shape index (κ3) is 4.25. The molecule has 0 aliphatic carbocycles. The van der Waals surface area contributed by atoms with Gasteiger partial charge in [-0.05, 0) is 76.7 Å². The molecule has 0 aliphatic rings. The lowest BCUT2D eigenvalue weighted by Gasteiger charge is -2.01. The predicted molar refractivity (Wildman–Crippen MR) is 116 cm³/mol. The van der Waals surface area contributed by atoms with Gasteiger partial charge < -0.3 is 9.73 Å². The summed E-state index contributed by atoms with van der Waals surface area (Å²) in [6.45, 7) is 0. The van der Waals surface area contributed by atoms with Crippen molar-refractivity contribution >= 4 is 51.4 Å². The Balaban J connectivity index is 1.52. The van der Waals surface area contributed by atoms with E-state index in [4.69, 9.17) is 4.42 Å². The van der Waals surface area contributed by atoms with Crippen molar-refractivity contribution in [1.29, 1.82) is 0 Å². The van der Waals surface area contributed by atoms with Crippen LogP contribution in [0, 0.1) is 3.57 Å². The zero-order valence-electron chi connectivity index (χ0n) is 14.2. The normalized spacial score (nSPS) is 11.1. The van der Waals surface area contributed by atoms with Gasteiger partial charge in [-0.25, -0.2) is 4.98 Å². The third-order valence-corrected chi connectivity index (χ3v) is 4.69. The molecule has 3 aromatic carbocycles. The Kier molecular flexibility index (Phi) is 5.02. The van der Waals surface area contributed by atoms with Crippen molar-refractivity contribution in [2.75, 3.05) is 5.32 Å². The molecule has 0 bridgehead atoms. The summed E-state index contributed by atoms with van der Waals surface area (Å²) in [4.78, 5) is 16.7. The maximum Gasteiger partial charge on any atom is 0.248 e. The van der Waals surface area contributed by atoms with Gasteiger partial charge in [0, 0.05) is 20.9 Å². The van der Waals surface area contributed by atoms with Crippen LogP contribution < -0.4 is 5.32 Å². The average molecular weight is 466 g/mol. The van der Waals surface area contributed by atoms with E-state index in [9.17, 15) is 4.79 Å². The van der Waals surface area contributed by atoms with Crippen LogP contribution in [0.4, 0.5) is 5.69 Å². The van der Waals surface area contributed by atoms with Crippen LogP contribution in [0.3, 0.4) is 0 Å². The topological polar surface area (TPSA) is 55.1 Å². The summed E-state index contributed by atoms with van der Waals surface area (Å²) in [6.07, 6.45) is 3.29. The zero-order valence-corrected chi connectivity index (χ0v) is 16.4. The molecule has 0 aliphatic heterocycles. The number of carbonyl (C=O) groups excluding carboxylic acids is 1. The van der Waals surface area contributed by atoms with Gasteiger partial charge in [0.2, 0.25) is 11.8 Å². The van der Waals surface area contributed by atoms with Gasteiger partial charge in [-0.1, -0.05) is 30.3 Å². The number of hydrogen-bond donors (Lipinski definition) is 1. The molecule has 0 unspecified atom stereocenters. The number of halogens is 1. The number of hydrogen-bond acceptors (Lipinski definition) is 3. The van der Waals surface area contributed by atoms with Gasteiger partial charge in [0.15, 0.2) is 5.58 Å². The van der Waals surface area contributed by atoms with E-state index in [-0.39, 0.29) is 5.91 Å². The molecule has 1 N–H and O–H groups in total. The fourth-order valence-corrected chi connectivity index (χ4v) is 3.00. The summed E-state index contributed by atoms with van der Waals surface area (Å²) >= 11 is 2.26. The first-order valence-electron chi connectivity index (χ1n) is 8.38. The summed E-state index contributed by atoms with van der Waals surface area (Å²) in [5.74, 6) is 0.369. The average Bonchev–Trinajstić information content (AvgIpc) is 3.11. The number of benzene rings is 3. The molecule has 0 saturated carbocycles. The first-order valence-corrected chi connectivity index (χ1v) is 9.46. The molecule has 1 heterocycles. The molecule has 4 nitrogen and oxygen atoms in total. The second kappa shape index (κ2) is 7.75. The molecule has 5 heteroatoms. The van der Waals surface area contributed by atoms with Crippen LogP contribution in [-0.4, -0.2) is 10.9 Å². The largest absolute Gasteiger partial charge is 0.436 e. The summed E-state index contributed by atoms with van der Waals surface area (Å²) in [6, 6.07) is 23.1. The van der Waals surface area contributed by atoms with Crippen molar-refractivity contribution in [1.82, 2.24) is 4.98 Å². The SMILES string of the molecule is O=C(C=Cc1ccccc1)Nc1ccc2oc(-c3ccc(I)cc3)nc2c1. The van der Waals surface area contributed by atoms with E-state index in [1.165, 1.54) is 6.08 Å². The Hall–Kier alpha value is -2.93. The van der Waals surface area contributed by atoms with E-state index in [0.29, 0.717) is 22.7 Å². The maximum atomic E-state index is 12.1. The molecule has 4 rings (SSSR count). The molecule has 4 aromatic rings. The molecule has 27 heavy (non-hydrogen) atoms. The molecule has 0 fully saturated rings. The van der Waals surface area contributed by atoms with E-state index < -0.39 is 0 Å². The molecular weight excluding hydrogens is 451 g/mol. The minimum atomic E-state index is -0.195. The van der Waals surface area contributed by atoms with Crippen molar-refractivity contribution in [2.24, 2.45) is 0 Å². The highest BCUT2D eigenvalue weighted by molar-refractivity contribution is 14.1. The van der Waals surface area contributed by atoms with E-state index in [2.05, 4.69) is 32.9 Å². The van der Waals surface area contributed by atoms with Gasteiger partial charge in [-0.15, -0.1) is 0 Å². The summed E-state index contributed by atoms with van der Waals surface area (Å²) in [5, 5.41) is 2.85. The summed E-state index contributed by atoms with van der Waals surface area (Å²) in [7, 11) is 0. The fraction of sp³-hybridized carbons (Fsp3) is 0. The molecule has 132 valence electrons. The summed E-state index contributed by atoms with van der Waals surface area (Å²) < 4.78 is 6.97. The Bertz CT molecular complexity index is 1120. The standard InChI is InChI=1S/C22H15IN2O2/c23-17-9-7-16(8-10-17)22-25-19-14-18(11-12-20(19)27-22)24-21(26)13-6-15-4-2-1-3-5-15/h1-14H,(H,24,26). The number of carbonyl (C=O) groups is 1. The van der Waals surface area contributed by atoms with Crippen LogP contribution in [0.2, 0.25) is 0 Å². The van der Waals surface area contributed by atoms with Crippen LogP contribution in [0.5, 0.6) is 0 Å². The first-order chi connectivity index (χ1) is 13.2. The van der Waals surface area contributed by atoms with Gasteiger partial charge in [0.25, 0.3) is 0 Å². The number of amides is 1. The molecular formula is C22H15IN2O2. The van der Waals surface area contributed by atoms with Gasteiger partial charge in [0.05, 0.1) is 0 Å². The number of nitrogens with zero attached hydrogens (tertiary/aromatic N) is 1. The maximum absolute atomic E-state index is 12.1. The predicted octanol–water partition coefficient (Wildman–Crippen LogP) is 5.75. The van der Waals surface area contributed by atoms with Crippen LogP contribution in [-0.2, 0) is 4.79 Å². The van der Waals surface area contributed by atoms with E-state index >= 15 is 0 Å². The van der Waals surface area contributed by atoms with Crippen molar-refractivity contribution in [3.63, 3.8) is 0 Å². The molecule has 0 atom stereocenters. The minimum absolute atomic E-state index is 0.195. The van der Waals surface area contributed by atoms with Crippen LogP contribution in [0.25, 0.3) is 28.6 Å². The van der Waals surface area contributed by atoms with Crippen molar-refractivity contribution in [3.8, 4) is 11.5 Å². The second-order valence-corrected chi connectivity index (χ2v) is 7.19. The molecule has 1 aromatic heterocycles. The Morgan fingerprint density at radius 2 is 1.78 bits per heavy atom. The van der Waals surface area contributed by atoms with Crippen molar-refractivity contribution in [2.45, 2.75) is 0 Å². The van der Waals surface area contributed by atoms with Crippen molar-refractivity contribution in [3.05, 3.63) is 88.0 Å². The van der Waals surface area contributed by atoms with E-state index in [1.54, 1.807) is 12.1 Å². The van der Waals surface area contributed by atoms with E-state index in [0.717, 1.165) is 14.7 Å². The number of fused-ring (bicyclic) bond motifs is 1. The fourth-order valence-electron chi connectivity index (χ4n) is 2.64. The monoisotopic (exact) mass is 466 g/mol. The smallest absolute Gasteiger partial charge is 0.248 e. The third-order valence-electron chi connectivity index (χ3n) is 3.97. The van der Waals surface area contributed by atoms with Crippen LogP contribution in [0.1, 0.15) is 5.56 Å². The molecule has 1 amide bonds. The van der Waals surface area contributed by atoms with Gasteiger partial charge in [-0.3, -0.25) is 4.79 Å². The minimum Gasteiger partial charge on any atom is -0.436 e. The number of rotatable bonds is 4. The number of aromatic nitrogens is 1. The Morgan fingerprint density at radius 1 is 1.00 bits per heavy atom. The molecule has 0 radical (unpaired) electrons. The first kappa shape index (κ1) is 17.5. The van der Waals surface area contributed by atoms with Crippen LogP contribution in [0.15, 0.2) is 83.3 Å². The number of oxazole rings is 1.